The van der Waals surface area contributed by atoms with Crippen molar-refractivity contribution in [1.82, 2.24) is 0 Å². The molecule has 1 aliphatic heterocycles. The Hall–Kier alpha value is -0.860. The molecule has 5 atom stereocenters. The lowest BCUT2D eigenvalue weighted by atomic mass is 9.92. The Morgan fingerprint density at radius 3 is 2.73 bits per heavy atom. The summed E-state index contributed by atoms with van der Waals surface area (Å²) in [7, 11) is 0. The van der Waals surface area contributed by atoms with Gasteiger partial charge >= 0.3 is 0 Å². The van der Waals surface area contributed by atoms with Crippen LogP contribution < -0.4 is 0 Å². The van der Waals surface area contributed by atoms with Crippen LogP contribution in [0.15, 0.2) is 12.7 Å². The van der Waals surface area contributed by atoms with E-state index in [1.807, 2.05) is 0 Å². The first-order valence-corrected chi connectivity index (χ1v) is 4.82. The summed E-state index contributed by atoms with van der Waals surface area (Å²) in [5.74, 6) is 1.71. The van der Waals surface area contributed by atoms with E-state index in [4.69, 9.17) is 15.9 Å². The molecule has 0 amide bonds. The lowest BCUT2D eigenvalue weighted by Crippen LogP contribution is -2.53. The van der Waals surface area contributed by atoms with Crippen LogP contribution in [-0.2, 0) is 9.47 Å². The maximum atomic E-state index is 9.70. The van der Waals surface area contributed by atoms with E-state index in [0.29, 0.717) is 6.61 Å². The third kappa shape index (κ3) is 2.58. The van der Waals surface area contributed by atoms with E-state index < -0.39 is 30.5 Å². The third-order valence-electron chi connectivity index (χ3n) is 2.41. The summed E-state index contributed by atoms with van der Waals surface area (Å²) in [4.78, 5) is 0. The molecule has 1 fully saturated rings. The summed E-state index contributed by atoms with van der Waals surface area (Å²) in [6.45, 7) is 5.45. The second-order valence-corrected chi connectivity index (χ2v) is 3.51. The van der Waals surface area contributed by atoms with Crippen molar-refractivity contribution in [2.45, 2.75) is 31.5 Å². The van der Waals surface area contributed by atoms with Crippen molar-refractivity contribution >= 4 is 0 Å². The minimum Gasteiger partial charge on any atom is -0.389 e. The first kappa shape index (κ1) is 12.2. The Morgan fingerprint density at radius 1 is 1.53 bits per heavy atom. The standard InChI is InChI=1S/C11H16O4/c1-4-6-14-11-8(5-2)10(13)9(12)7(3)15-11/h2,4,7-13H,1,6H2,3H3/t7-,8-,9+,10-,11+/m1/s1. The van der Waals surface area contributed by atoms with Gasteiger partial charge in [0.25, 0.3) is 0 Å². The molecule has 1 saturated heterocycles. The number of aliphatic hydroxyl groups is 2. The van der Waals surface area contributed by atoms with Crippen molar-refractivity contribution in [2.75, 3.05) is 6.61 Å². The second kappa shape index (κ2) is 5.29. The van der Waals surface area contributed by atoms with Crippen LogP contribution >= 0.6 is 0 Å². The topological polar surface area (TPSA) is 58.9 Å². The van der Waals surface area contributed by atoms with Crippen LogP contribution in [-0.4, -0.2) is 41.4 Å². The quantitative estimate of drug-likeness (QED) is 0.507. The number of rotatable bonds is 3. The van der Waals surface area contributed by atoms with Gasteiger partial charge in [0.1, 0.15) is 12.2 Å². The van der Waals surface area contributed by atoms with E-state index in [-0.39, 0.29) is 0 Å². The van der Waals surface area contributed by atoms with Crippen LogP contribution in [0.4, 0.5) is 0 Å². The Kier molecular flexibility index (Phi) is 4.30. The van der Waals surface area contributed by atoms with Crippen LogP contribution in [0.5, 0.6) is 0 Å². The Labute approximate surface area is 89.5 Å². The zero-order valence-electron chi connectivity index (χ0n) is 8.67. The molecule has 0 radical (unpaired) electrons. The maximum absolute atomic E-state index is 9.70. The number of aliphatic hydroxyl groups excluding tert-OH is 2. The molecule has 2 N–H and O–H groups in total. The van der Waals surface area contributed by atoms with Crippen LogP contribution in [0.2, 0.25) is 0 Å². The van der Waals surface area contributed by atoms with Gasteiger partial charge in [-0.1, -0.05) is 12.0 Å². The zero-order chi connectivity index (χ0) is 11.4. The molecule has 0 aromatic carbocycles. The normalized spacial score (nSPS) is 40.8. The zero-order valence-corrected chi connectivity index (χ0v) is 8.67. The summed E-state index contributed by atoms with van der Waals surface area (Å²) < 4.78 is 10.6. The highest BCUT2D eigenvalue weighted by atomic mass is 16.7. The largest absolute Gasteiger partial charge is 0.389 e. The summed E-state index contributed by atoms with van der Waals surface area (Å²) in [6, 6.07) is 0. The third-order valence-corrected chi connectivity index (χ3v) is 2.41. The van der Waals surface area contributed by atoms with Crippen molar-refractivity contribution in [3.05, 3.63) is 12.7 Å². The van der Waals surface area contributed by atoms with Crippen LogP contribution in [0.3, 0.4) is 0 Å². The minimum atomic E-state index is -1.02. The SMILES string of the molecule is C#C[C@H]1[C@@H](OCC=C)O[C@H](C)[C@H](O)[C@@H]1O. The fourth-order valence-corrected chi connectivity index (χ4v) is 1.51. The van der Waals surface area contributed by atoms with Gasteiger partial charge in [-0.3, -0.25) is 0 Å². The predicted octanol–water partition coefficient (Wildman–Crippen LogP) is -0.0950. The molecule has 84 valence electrons. The van der Waals surface area contributed by atoms with Crippen LogP contribution in [0.25, 0.3) is 0 Å². The average Bonchev–Trinajstić information content (AvgIpc) is 2.23. The highest BCUT2D eigenvalue weighted by molar-refractivity contribution is 5.04. The fraction of sp³-hybridized carbons (Fsp3) is 0.636. The molecule has 4 heteroatoms. The van der Waals surface area contributed by atoms with Gasteiger partial charge in [0.15, 0.2) is 6.29 Å². The molecule has 0 spiro atoms. The van der Waals surface area contributed by atoms with Crippen molar-refractivity contribution in [3.8, 4) is 12.3 Å². The maximum Gasteiger partial charge on any atom is 0.174 e. The Morgan fingerprint density at radius 2 is 2.20 bits per heavy atom. The van der Waals surface area contributed by atoms with Gasteiger partial charge in [0, 0.05) is 0 Å². The molecule has 0 aromatic heterocycles. The molecule has 1 heterocycles. The molecule has 1 rings (SSSR count). The van der Waals surface area contributed by atoms with Crippen molar-refractivity contribution in [3.63, 3.8) is 0 Å². The fourth-order valence-electron chi connectivity index (χ4n) is 1.51. The first-order valence-electron chi connectivity index (χ1n) is 4.82. The lowest BCUT2D eigenvalue weighted by molar-refractivity contribution is -0.261. The van der Waals surface area contributed by atoms with Gasteiger partial charge in [0.05, 0.1) is 18.6 Å². The van der Waals surface area contributed by atoms with Crippen molar-refractivity contribution in [1.29, 1.82) is 0 Å². The van der Waals surface area contributed by atoms with Crippen LogP contribution in [0, 0.1) is 18.3 Å². The van der Waals surface area contributed by atoms with E-state index in [0.717, 1.165) is 0 Å². The van der Waals surface area contributed by atoms with Gasteiger partial charge in [-0.2, -0.15) is 0 Å². The predicted molar refractivity (Wildman–Crippen MR) is 54.8 cm³/mol. The molecule has 4 nitrogen and oxygen atoms in total. The van der Waals surface area contributed by atoms with Gasteiger partial charge in [-0.25, -0.2) is 0 Å². The summed E-state index contributed by atoms with van der Waals surface area (Å²) in [6.07, 6.45) is 3.63. The van der Waals surface area contributed by atoms with E-state index >= 15 is 0 Å². The van der Waals surface area contributed by atoms with E-state index in [1.54, 1.807) is 13.0 Å². The summed E-state index contributed by atoms with van der Waals surface area (Å²) >= 11 is 0. The van der Waals surface area contributed by atoms with E-state index in [2.05, 4.69) is 12.5 Å². The highest BCUT2D eigenvalue weighted by Crippen LogP contribution is 2.26. The van der Waals surface area contributed by atoms with Gasteiger partial charge in [-0.05, 0) is 6.92 Å². The molecule has 0 bridgehead atoms. The molecule has 0 saturated carbocycles. The lowest BCUT2D eigenvalue weighted by Gasteiger charge is -2.39. The highest BCUT2D eigenvalue weighted by Gasteiger charge is 2.42. The van der Waals surface area contributed by atoms with E-state index in [1.165, 1.54) is 0 Å². The molecule has 0 aromatic rings. The smallest absolute Gasteiger partial charge is 0.174 e. The number of ether oxygens (including phenoxy) is 2. The average molecular weight is 212 g/mol. The molecular formula is C11H16O4. The first-order chi connectivity index (χ1) is 7.11. The summed E-state index contributed by atoms with van der Waals surface area (Å²) in [5.41, 5.74) is 0. The van der Waals surface area contributed by atoms with Crippen molar-refractivity contribution in [2.24, 2.45) is 5.92 Å². The number of terminal acetylenes is 1. The van der Waals surface area contributed by atoms with Gasteiger partial charge in [0.2, 0.25) is 0 Å². The van der Waals surface area contributed by atoms with Crippen molar-refractivity contribution < 1.29 is 19.7 Å². The molecule has 1 aliphatic rings. The second-order valence-electron chi connectivity index (χ2n) is 3.51. The molecule has 15 heavy (non-hydrogen) atoms. The Balaban J connectivity index is 2.69. The van der Waals surface area contributed by atoms with Gasteiger partial charge < -0.3 is 19.7 Å². The number of hydrogen-bond acceptors (Lipinski definition) is 4. The minimum absolute atomic E-state index is 0.290. The van der Waals surface area contributed by atoms with Crippen LogP contribution in [0.1, 0.15) is 6.92 Å². The van der Waals surface area contributed by atoms with E-state index in [9.17, 15) is 10.2 Å². The number of hydrogen-bond donors (Lipinski definition) is 2. The molecular weight excluding hydrogens is 196 g/mol. The monoisotopic (exact) mass is 212 g/mol. The summed E-state index contributed by atoms with van der Waals surface area (Å²) in [5, 5.41) is 19.2. The molecule has 0 unspecified atom stereocenters. The van der Waals surface area contributed by atoms with Gasteiger partial charge in [-0.15, -0.1) is 13.0 Å². The molecule has 0 aliphatic carbocycles. The Bertz CT molecular complexity index is 258.